The summed E-state index contributed by atoms with van der Waals surface area (Å²) in [5, 5.41) is 9.32. The molecule has 3 rings (SSSR count). The van der Waals surface area contributed by atoms with Crippen molar-refractivity contribution in [2.45, 2.75) is 44.0 Å². The predicted octanol–water partition coefficient (Wildman–Crippen LogP) is 1.05. The van der Waals surface area contributed by atoms with Crippen LogP contribution in [0.2, 0.25) is 0 Å². The zero-order chi connectivity index (χ0) is 8.94. The van der Waals surface area contributed by atoms with Crippen LogP contribution in [0.4, 0.5) is 0 Å². The molecule has 1 saturated heterocycles. The highest BCUT2D eigenvalue weighted by atomic mass is 16.7. The molecule has 0 aromatic heterocycles. The van der Waals surface area contributed by atoms with E-state index in [4.69, 9.17) is 9.47 Å². The highest BCUT2D eigenvalue weighted by Crippen LogP contribution is 2.58. The van der Waals surface area contributed by atoms with E-state index < -0.39 is 0 Å². The van der Waals surface area contributed by atoms with Crippen LogP contribution in [0.3, 0.4) is 0 Å². The Morgan fingerprint density at radius 2 is 1.77 bits per heavy atom. The van der Waals surface area contributed by atoms with E-state index in [0.717, 1.165) is 38.9 Å². The zero-order valence-electron chi connectivity index (χ0n) is 7.79. The summed E-state index contributed by atoms with van der Waals surface area (Å²) in [4.78, 5) is 0. The first-order chi connectivity index (χ1) is 6.22. The zero-order valence-corrected chi connectivity index (χ0v) is 7.79. The monoisotopic (exact) mass is 184 g/mol. The maximum absolute atomic E-state index is 9.32. The molecule has 0 radical (unpaired) electrons. The van der Waals surface area contributed by atoms with Gasteiger partial charge >= 0.3 is 0 Å². The van der Waals surface area contributed by atoms with E-state index in [9.17, 15) is 5.11 Å². The summed E-state index contributed by atoms with van der Waals surface area (Å²) in [6.07, 6.45) is 5.07. The van der Waals surface area contributed by atoms with Crippen molar-refractivity contribution in [1.82, 2.24) is 0 Å². The van der Waals surface area contributed by atoms with Crippen molar-refractivity contribution in [3.8, 4) is 0 Å². The van der Waals surface area contributed by atoms with E-state index in [1.807, 2.05) is 0 Å². The van der Waals surface area contributed by atoms with E-state index in [1.165, 1.54) is 6.42 Å². The number of ether oxygens (including phenoxy) is 2. The van der Waals surface area contributed by atoms with Crippen LogP contribution in [0.5, 0.6) is 0 Å². The molecule has 0 aromatic carbocycles. The van der Waals surface area contributed by atoms with Crippen LogP contribution in [-0.4, -0.2) is 30.2 Å². The highest BCUT2D eigenvalue weighted by Gasteiger charge is 2.56. The molecule has 3 heteroatoms. The molecule has 2 spiro atoms. The third kappa shape index (κ3) is 1.14. The van der Waals surface area contributed by atoms with Gasteiger partial charge in [-0.2, -0.15) is 0 Å². The molecule has 2 aliphatic carbocycles. The van der Waals surface area contributed by atoms with Crippen molar-refractivity contribution in [2.75, 3.05) is 13.2 Å². The van der Waals surface area contributed by atoms with Crippen molar-refractivity contribution in [1.29, 1.82) is 0 Å². The summed E-state index contributed by atoms with van der Waals surface area (Å²) < 4.78 is 11.3. The van der Waals surface area contributed by atoms with Gasteiger partial charge in [-0.25, -0.2) is 0 Å². The molecule has 74 valence electrons. The van der Waals surface area contributed by atoms with Crippen molar-refractivity contribution in [2.24, 2.45) is 5.41 Å². The third-order valence-corrected chi connectivity index (χ3v) is 3.83. The molecule has 0 unspecified atom stereocenters. The summed E-state index contributed by atoms with van der Waals surface area (Å²) >= 11 is 0. The number of hydrogen-bond acceptors (Lipinski definition) is 3. The Morgan fingerprint density at radius 1 is 1.08 bits per heavy atom. The molecule has 1 N–H and O–H groups in total. The smallest absolute Gasteiger partial charge is 0.169 e. The van der Waals surface area contributed by atoms with Crippen molar-refractivity contribution in [3.05, 3.63) is 0 Å². The fourth-order valence-electron chi connectivity index (χ4n) is 3.24. The Morgan fingerprint density at radius 3 is 2.38 bits per heavy atom. The molecule has 2 saturated carbocycles. The molecule has 3 fully saturated rings. The minimum Gasteiger partial charge on any atom is -0.393 e. The van der Waals surface area contributed by atoms with Gasteiger partial charge in [-0.1, -0.05) is 0 Å². The summed E-state index contributed by atoms with van der Waals surface area (Å²) in [5.41, 5.74) is 0.365. The van der Waals surface area contributed by atoms with Gasteiger partial charge in [-0.05, 0) is 24.7 Å². The number of aliphatic hydroxyl groups excluding tert-OH is 1. The lowest BCUT2D eigenvalue weighted by Crippen LogP contribution is -2.41. The van der Waals surface area contributed by atoms with E-state index in [0.29, 0.717) is 5.41 Å². The van der Waals surface area contributed by atoms with Gasteiger partial charge in [0.05, 0.1) is 19.3 Å². The largest absolute Gasteiger partial charge is 0.393 e. The lowest BCUT2D eigenvalue weighted by molar-refractivity contribution is -0.165. The highest BCUT2D eigenvalue weighted by molar-refractivity contribution is 5.03. The van der Waals surface area contributed by atoms with Gasteiger partial charge in [0.1, 0.15) is 0 Å². The molecular formula is C10H16O3. The van der Waals surface area contributed by atoms with Gasteiger partial charge in [-0.3, -0.25) is 0 Å². The Hall–Kier alpha value is -0.120. The topological polar surface area (TPSA) is 38.7 Å². The normalized spacial score (nSPS) is 47.3. The summed E-state index contributed by atoms with van der Waals surface area (Å²) in [6, 6.07) is 0. The van der Waals surface area contributed by atoms with Crippen molar-refractivity contribution < 1.29 is 14.6 Å². The molecule has 0 bridgehead atoms. The van der Waals surface area contributed by atoms with Crippen LogP contribution < -0.4 is 0 Å². The van der Waals surface area contributed by atoms with E-state index in [-0.39, 0.29) is 11.9 Å². The van der Waals surface area contributed by atoms with Gasteiger partial charge in [0.15, 0.2) is 5.79 Å². The summed E-state index contributed by atoms with van der Waals surface area (Å²) in [5.74, 6) is -0.250. The molecule has 0 aromatic rings. The van der Waals surface area contributed by atoms with Crippen LogP contribution in [-0.2, 0) is 9.47 Å². The summed E-state index contributed by atoms with van der Waals surface area (Å²) in [6.45, 7) is 1.50. The summed E-state index contributed by atoms with van der Waals surface area (Å²) in [7, 11) is 0. The van der Waals surface area contributed by atoms with E-state index in [2.05, 4.69) is 0 Å². The van der Waals surface area contributed by atoms with Gasteiger partial charge in [0.25, 0.3) is 0 Å². The average molecular weight is 184 g/mol. The number of aliphatic hydroxyl groups is 1. The first-order valence-corrected chi connectivity index (χ1v) is 5.18. The minimum atomic E-state index is -0.250. The number of rotatable bonds is 0. The Labute approximate surface area is 78.0 Å². The average Bonchev–Trinajstić information content (AvgIpc) is 2.60. The van der Waals surface area contributed by atoms with E-state index in [1.54, 1.807) is 0 Å². The third-order valence-electron chi connectivity index (χ3n) is 3.83. The minimum absolute atomic E-state index is 0.0587. The maximum atomic E-state index is 9.32. The van der Waals surface area contributed by atoms with Crippen LogP contribution in [0, 0.1) is 5.41 Å². The first-order valence-electron chi connectivity index (χ1n) is 5.18. The molecule has 3 nitrogen and oxygen atoms in total. The van der Waals surface area contributed by atoms with Crippen molar-refractivity contribution >= 4 is 0 Å². The molecule has 1 heterocycles. The molecule has 3 aliphatic rings. The van der Waals surface area contributed by atoms with Crippen molar-refractivity contribution in [3.63, 3.8) is 0 Å². The first kappa shape index (κ1) is 8.21. The second-order valence-corrected chi connectivity index (χ2v) is 4.85. The quantitative estimate of drug-likeness (QED) is 0.611. The molecular weight excluding hydrogens is 168 g/mol. The predicted molar refractivity (Wildman–Crippen MR) is 46.2 cm³/mol. The van der Waals surface area contributed by atoms with E-state index >= 15 is 0 Å². The second-order valence-electron chi connectivity index (χ2n) is 4.85. The fourth-order valence-corrected chi connectivity index (χ4v) is 3.24. The van der Waals surface area contributed by atoms with Crippen LogP contribution >= 0.6 is 0 Å². The Balaban J connectivity index is 1.71. The SMILES string of the molecule is OC1CC2(CCC3(C2)OCCO3)C1. The van der Waals surface area contributed by atoms with Gasteiger partial charge < -0.3 is 14.6 Å². The number of hydrogen-bond donors (Lipinski definition) is 1. The lowest BCUT2D eigenvalue weighted by Gasteiger charge is -2.43. The van der Waals surface area contributed by atoms with Crippen LogP contribution in [0.25, 0.3) is 0 Å². The van der Waals surface area contributed by atoms with Crippen LogP contribution in [0.1, 0.15) is 32.1 Å². The molecule has 0 atom stereocenters. The van der Waals surface area contributed by atoms with Gasteiger partial charge in [0, 0.05) is 12.8 Å². The Kier molecular flexibility index (Phi) is 1.56. The Bertz CT molecular complexity index is 214. The molecule has 0 amide bonds. The second kappa shape index (κ2) is 2.47. The van der Waals surface area contributed by atoms with Gasteiger partial charge in [0.2, 0.25) is 0 Å². The molecule has 13 heavy (non-hydrogen) atoms. The van der Waals surface area contributed by atoms with Gasteiger partial charge in [-0.15, -0.1) is 0 Å². The standard InChI is InChI=1S/C10H16O3/c11-8-5-9(6-8)1-2-10(7-9)12-3-4-13-10/h8,11H,1-7H2. The lowest BCUT2D eigenvalue weighted by atomic mass is 9.65. The maximum Gasteiger partial charge on any atom is 0.169 e. The fraction of sp³-hybridized carbons (Fsp3) is 1.00. The van der Waals surface area contributed by atoms with Crippen LogP contribution in [0.15, 0.2) is 0 Å². The molecule has 1 aliphatic heterocycles.